The smallest absolute Gasteiger partial charge is 0.299 e. The maximum atomic E-state index is 12.0. The Kier molecular flexibility index (Phi) is 2.27. The molecule has 0 aliphatic heterocycles. The van der Waals surface area contributed by atoms with Crippen molar-refractivity contribution in [3.63, 3.8) is 0 Å². The van der Waals surface area contributed by atoms with Crippen LogP contribution in [0.4, 0.5) is 0 Å². The first-order chi connectivity index (χ1) is 7.86. The van der Waals surface area contributed by atoms with Gasteiger partial charge in [0, 0.05) is 21.1 Å². The van der Waals surface area contributed by atoms with Crippen LogP contribution in [0.5, 0.6) is 0 Å². The first kappa shape index (κ1) is 11.3. The molecule has 0 saturated carbocycles. The number of aryl methyl sites for hydroxylation is 2. The summed E-state index contributed by atoms with van der Waals surface area (Å²) in [6.45, 7) is 1.64. The molecule has 0 amide bonds. The Morgan fingerprint density at radius 2 is 1.41 bits per heavy atom. The molecule has 0 aliphatic carbocycles. The minimum Gasteiger partial charge on any atom is -0.299 e. The van der Waals surface area contributed by atoms with E-state index in [0.29, 0.717) is 5.82 Å². The second-order valence-electron chi connectivity index (χ2n) is 3.93. The SMILES string of the molecule is Cc1nc2c(c(=O)n1C)c(=O)n(C)c(=O)n2C. The largest absolute Gasteiger partial charge is 0.332 e. The molecule has 0 aliphatic rings. The van der Waals surface area contributed by atoms with Crippen LogP contribution in [-0.2, 0) is 21.1 Å². The first-order valence-corrected chi connectivity index (χ1v) is 4.99. The Hall–Kier alpha value is -2.18. The molecular formula is C10H12N4O3. The summed E-state index contributed by atoms with van der Waals surface area (Å²) in [5, 5.41) is -0.0669. The molecule has 90 valence electrons. The summed E-state index contributed by atoms with van der Waals surface area (Å²) in [4.78, 5) is 39.7. The molecule has 0 radical (unpaired) electrons. The van der Waals surface area contributed by atoms with Gasteiger partial charge in [-0.3, -0.25) is 23.3 Å². The Bertz CT molecular complexity index is 794. The average Bonchev–Trinajstić information content (AvgIpc) is 2.30. The molecule has 0 unspecified atom stereocenters. The molecular weight excluding hydrogens is 224 g/mol. The number of rotatable bonds is 0. The lowest BCUT2D eigenvalue weighted by Gasteiger charge is -2.09. The van der Waals surface area contributed by atoms with Crippen molar-refractivity contribution in [1.82, 2.24) is 18.7 Å². The molecule has 17 heavy (non-hydrogen) atoms. The average molecular weight is 236 g/mol. The predicted octanol–water partition coefficient (Wildman–Crippen LogP) is -1.36. The van der Waals surface area contributed by atoms with Crippen LogP contribution in [-0.4, -0.2) is 18.7 Å². The molecule has 2 aromatic rings. The Morgan fingerprint density at radius 1 is 0.882 bits per heavy atom. The van der Waals surface area contributed by atoms with Crippen LogP contribution in [0.25, 0.3) is 11.0 Å². The van der Waals surface area contributed by atoms with Crippen LogP contribution in [0.1, 0.15) is 5.82 Å². The van der Waals surface area contributed by atoms with Gasteiger partial charge in [0.05, 0.1) is 0 Å². The fraction of sp³-hybridized carbons (Fsp3) is 0.400. The van der Waals surface area contributed by atoms with Crippen LogP contribution >= 0.6 is 0 Å². The van der Waals surface area contributed by atoms with E-state index in [1.807, 2.05) is 0 Å². The highest BCUT2D eigenvalue weighted by Gasteiger charge is 2.14. The third kappa shape index (κ3) is 1.35. The third-order valence-electron chi connectivity index (χ3n) is 2.91. The molecule has 0 N–H and O–H groups in total. The molecule has 0 saturated heterocycles. The van der Waals surface area contributed by atoms with Gasteiger partial charge in [-0.05, 0) is 6.92 Å². The van der Waals surface area contributed by atoms with Gasteiger partial charge in [0.2, 0.25) is 0 Å². The van der Waals surface area contributed by atoms with Gasteiger partial charge in [0.25, 0.3) is 11.1 Å². The van der Waals surface area contributed by atoms with Crippen LogP contribution in [0, 0.1) is 6.92 Å². The van der Waals surface area contributed by atoms with Gasteiger partial charge in [-0.15, -0.1) is 0 Å². The highest BCUT2D eigenvalue weighted by molar-refractivity contribution is 5.72. The summed E-state index contributed by atoms with van der Waals surface area (Å²) in [5.74, 6) is 0.450. The number of hydrogen-bond acceptors (Lipinski definition) is 4. The van der Waals surface area contributed by atoms with Gasteiger partial charge in [0.1, 0.15) is 11.2 Å². The minimum absolute atomic E-state index is 0.0669. The summed E-state index contributed by atoms with van der Waals surface area (Å²) < 4.78 is 3.39. The highest BCUT2D eigenvalue weighted by Crippen LogP contribution is 1.99. The summed E-state index contributed by atoms with van der Waals surface area (Å²) >= 11 is 0. The van der Waals surface area contributed by atoms with Crippen molar-refractivity contribution in [2.24, 2.45) is 21.1 Å². The maximum Gasteiger partial charge on any atom is 0.332 e. The maximum absolute atomic E-state index is 12.0. The Balaban J connectivity index is 3.31. The third-order valence-corrected chi connectivity index (χ3v) is 2.91. The second kappa shape index (κ2) is 3.41. The lowest BCUT2D eigenvalue weighted by molar-refractivity contribution is 0.691. The zero-order valence-corrected chi connectivity index (χ0v) is 10.0. The topological polar surface area (TPSA) is 78.9 Å². The predicted molar refractivity (Wildman–Crippen MR) is 62.2 cm³/mol. The number of nitrogens with zero attached hydrogens (tertiary/aromatic N) is 4. The van der Waals surface area contributed by atoms with Gasteiger partial charge in [-0.1, -0.05) is 0 Å². The van der Waals surface area contributed by atoms with E-state index in [0.717, 1.165) is 4.57 Å². The number of fused-ring (bicyclic) bond motifs is 1. The van der Waals surface area contributed by atoms with Crippen LogP contribution in [0.3, 0.4) is 0 Å². The van der Waals surface area contributed by atoms with Crippen molar-refractivity contribution in [2.45, 2.75) is 6.92 Å². The van der Waals surface area contributed by atoms with E-state index in [1.165, 1.54) is 30.3 Å². The van der Waals surface area contributed by atoms with Crippen molar-refractivity contribution >= 4 is 11.0 Å². The zero-order chi connectivity index (χ0) is 12.9. The van der Waals surface area contributed by atoms with Gasteiger partial charge in [0.15, 0.2) is 5.65 Å². The fourth-order valence-corrected chi connectivity index (χ4v) is 1.69. The molecule has 7 heteroatoms. The molecule has 2 heterocycles. The molecule has 0 bridgehead atoms. The fourth-order valence-electron chi connectivity index (χ4n) is 1.69. The molecule has 0 aromatic carbocycles. The van der Waals surface area contributed by atoms with Crippen molar-refractivity contribution in [2.75, 3.05) is 0 Å². The van der Waals surface area contributed by atoms with Gasteiger partial charge in [-0.2, -0.15) is 0 Å². The van der Waals surface area contributed by atoms with E-state index in [-0.39, 0.29) is 11.0 Å². The monoisotopic (exact) mass is 236 g/mol. The molecule has 0 fully saturated rings. The zero-order valence-electron chi connectivity index (χ0n) is 10.0. The van der Waals surface area contributed by atoms with Gasteiger partial charge in [-0.25, -0.2) is 9.78 Å². The summed E-state index contributed by atoms with van der Waals surface area (Å²) in [5.41, 5.74) is -1.43. The quantitative estimate of drug-likeness (QED) is 0.566. The van der Waals surface area contributed by atoms with E-state index >= 15 is 0 Å². The van der Waals surface area contributed by atoms with Crippen LogP contribution in [0.15, 0.2) is 14.4 Å². The van der Waals surface area contributed by atoms with E-state index in [2.05, 4.69) is 4.98 Å². The van der Waals surface area contributed by atoms with Crippen molar-refractivity contribution in [1.29, 1.82) is 0 Å². The minimum atomic E-state index is -0.615. The molecule has 2 rings (SSSR count). The van der Waals surface area contributed by atoms with Crippen molar-refractivity contribution < 1.29 is 0 Å². The lowest BCUT2D eigenvalue weighted by atomic mass is 10.3. The van der Waals surface area contributed by atoms with Gasteiger partial charge >= 0.3 is 5.69 Å². The Labute approximate surface area is 95.6 Å². The van der Waals surface area contributed by atoms with Gasteiger partial charge < -0.3 is 0 Å². The molecule has 2 aromatic heterocycles. The number of hydrogen-bond donors (Lipinski definition) is 0. The molecule has 0 spiro atoms. The summed E-state index contributed by atoms with van der Waals surface area (Å²) in [6, 6.07) is 0. The van der Waals surface area contributed by atoms with E-state index in [1.54, 1.807) is 6.92 Å². The molecule has 7 nitrogen and oxygen atoms in total. The van der Waals surface area contributed by atoms with E-state index in [4.69, 9.17) is 0 Å². The van der Waals surface area contributed by atoms with Crippen molar-refractivity contribution in [3.05, 3.63) is 37.0 Å². The summed E-state index contributed by atoms with van der Waals surface area (Å²) in [7, 11) is 4.36. The second-order valence-corrected chi connectivity index (χ2v) is 3.93. The highest BCUT2D eigenvalue weighted by atomic mass is 16.2. The number of aromatic nitrogens is 4. The van der Waals surface area contributed by atoms with Crippen LogP contribution < -0.4 is 16.8 Å². The first-order valence-electron chi connectivity index (χ1n) is 4.99. The standard InChI is InChI=1S/C10H12N4O3/c1-5-11-7-6(8(15)12(5)2)9(16)14(4)10(17)13(7)3/h1-4H3. The lowest BCUT2D eigenvalue weighted by Crippen LogP contribution is -2.41. The summed E-state index contributed by atoms with van der Waals surface area (Å²) in [6.07, 6.45) is 0. The van der Waals surface area contributed by atoms with Crippen LogP contribution in [0.2, 0.25) is 0 Å². The molecule has 0 atom stereocenters. The normalized spacial score (nSPS) is 11.1. The Morgan fingerprint density at radius 3 is 2.00 bits per heavy atom. The van der Waals surface area contributed by atoms with Crippen molar-refractivity contribution in [3.8, 4) is 0 Å². The van der Waals surface area contributed by atoms with E-state index in [9.17, 15) is 14.4 Å². The van der Waals surface area contributed by atoms with E-state index < -0.39 is 16.8 Å².